The molecule has 0 radical (unpaired) electrons. The van der Waals surface area contributed by atoms with Crippen molar-refractivity contribution in [1.29, 1.82) is 0 Å². The van der Waals surface area contributed by atoms with Crippen LogP contribution in [-0.4, -0.2) is 19.0 Å². The van der Waals surface area contributed by atoms with Crippen molar-refractivity contribution in [2.24, 2.45) is 0 Å². The summed E-state index contributed by atoms with van der Waals surface area (Å²) in [6.45, 7) is 3.25. The maximum absolute atomic E-state index is 10.7. The summed E-state index contributed by atoms with van der Waals surface area (Å²) in [6.07, 6.45) is 3.00. The highest BCUT2D eigenvalue weighted by Gasteiger charge is 2.22. The second kappa shape index (κ2) is 5.91. The third-order valence-electron chi connectivity index (χ3n) is 5.21. The lowest BCUT2D eigenvalue weighted by molar-refractivity contribution is -0.669. The summed E-state index contributed by atoms with van der Waals surface area (Å²) in [7, 11) is 1.57. The minimum absolute atomic E-state index is 0.174. The summed E-state index contributed by atoms with van der Waals surface area (Å²) in [4.78, 5) is 0. The fourth-order valence-corrected chi connectivity index (χ4v) is 3.98. The Morgan fingerprint density at radius 2 is 1.78 bits per heavy atom. The van der Waals surface area contributed by atoms with Crippen LogP contribution in [0.1, 0.15) is 13.3 Å². The van der Waals surface area contributed by atoms with E-state index in [2.05, 4.69) is 29.7 Å². The highest BCUT2D eigenvalue weighted by molar-refractivity contribution is 6.15. The molecule has 4 aromatic rings. The van der Waals surface area contributed by atoms with Crippen molar-refractivity contribution in [3.05, 3.63) is 42.6 Å². The molecule has 0 bridgehead atoms. The Balaban J connectivity index is 1.95. The van der Waals surface area contributed by atoms with Crippen LogP contribution >= 0.6 is 0 Å². The summed E-state index contributed by atoms with van der Waals surface area (Å²) >= 11 is 0. The molecule has 5 heteroatoms. The van der Waals surface area contributed by atoms with Crippen LogP contribution in [0.3, 0.4) is 0 Å². The minimum atomic E-state index is 0.174. The van der Waals surface area contributed by atoms with E-state index in [1.807, 2.05) is 24.4 Å². The van der Waals surface area contributed by atoms with Gasteiger partial charge in [0.1, 0.15) is 6.54 Å². The van der Waals surface area contributed by atoms with Gasteiger partial charge in [0.15, 0.2) is 29.2 Å². The quantitative estimate of drug-likeness (QED) is 0.436. The summed E-state index contributed by atoms with van der Waals surface area (Å²) < 4.78 is 18.6. The van der Waals surface area contributed by atoms with Gasteiger partial charge in [0.25, 0.3) is 0 Å². The third kappa shape index (κ3) is 2.28. The number of aromatic nitrogens is 1. The minimum Gasteiger partial charge on any atom is -0.504 e. The SMILES string of the molecule is CCC[n+]1cc2c(O)c(OC)ccc2c2ccc3cc4c(cc3c21)OCO4. The number of methoxy groups -OCH3 is 1. The molecule has 27 heavy (non-hydrogen) atoms. The Morgan fingerprint density at radius 3 is 2.56 bits per heavy atom. The zero-order chi connectivity index (χ0) is 18.5. The van der Waals surface area contributed by atoms with Gasteiger partial charge in [-0.05, 0) is 35.7 Å². The maximum atomic E-state index is 10.7. The first-order valence-electron chi connectivity index (χ1n) is 9.09. The van der Waals surface area contributed by atoms with E-state index >= 15 is 0 Å². The Kier molecular flexibility index (Phi) is 3.50. The average Bonchev–Trinajstić information content (AvgIpc) is 3.14. The summed E-state index contributed by atoms with van der Waals surface area (Å²) in [6, 6.07) is 12.1. The lowest BCUT2D eigenvalue weighted by Gasteiger charge is -2.11. The van der Waals surface area contributed by atoms with E-state index < -0.39 is 0 Å². The van der Waals surface area contributed by atoms with Gasteiger partial charge in [-0.2, -0.15) is 4.57 Å². The molecular weight excluding hydrogens is 342 g/mol. The average molecular weight is 362 g/mol. The smallest absolute Gasteiger partial charge is 0.231 e. The number of nitrogens with zero attached hydrogens (tertiary/aromatic N) is 1. The largest absolute Gasteiger partial charge is 0.504 e. The third-order valence-corrected chi connectivity index (χ3v) is 5.21. The highest BCUT2D eigenvalue weighted by Crippen LogP contribution is 2.41. The second-order valence-electron chi connectivity index (χ2n) is 6.79. The number of rotatable bonds is 3. The van der Waals surface area contributed by atoms with Gasteiger partial charge in [0.05, 0.1) is 23.3 Å². The zero-order valence-corrected chi connectivity index (χ0v) is 15.3. The molecular formula is C22H20NO4+. The van der Waals surface area contributed by atoms with E-state index in [0.29, 0.717) is 5.75 Å². The van der Waals surface area contributed by atoms with E-state index in [1.54, 1.807) is 7.11 Å². The van der Waals surface area contributed by atoms with Crippen LogP contribution in [0, 0.1) is 0 Å². The summed E-state index contributed by atoms with van der Waals surface area (Å²) in [5.41, 5.74) is 1.13. The number of hydrogen-bond donors (Lipinski definition) is 1. The molecule has 1 aromatic heterocycles. The van der Waals surface area contributed by atoms with Crippen LogP contribution in [0.25, 0.3) is 32.4 Å². The first kappa shape index (κ1) is 16.0. The van der Waals surface area contributed by atoms with Crippen molar-refractivity contribution in [2.75, 3.05) is 13.9 Å². The molecule has 5 rings (SSSR count). The molecule has 0 spiro atoms. The number of phenolic OH excluding ortho intramolecular Hbond substituents is 1. The Labute approximate surface area is 156 Å². The first-order chi connectivity index (χ1) is 13.2. The van der Waals surface area contributed by atoms with Gasteiger partial charge < -0.3 is 19.3 Å². The van der Waals surface area contributed by atoms with Crippen LogP contribution in [-0.2, 0) is 6.54 Å². The van der Waals surface area contributed by atoms with Gasteiger partial charge in [0.2, 0.25) is 12.3 Å². The highest BCUT2D eigenvalue weighted by atomic mass is 16.7. The molecule has 2 heterocycles. The van der Waals surface area contributed by atoms with Gasteiger partial charge in [-0.3, -0.25) is 0 Å². The number of pyridine rings is 1. The van der Waals surface area contributed by atoms with E-state index in [9.17, 15) is 5.11 Å². The molecule has 3 aromatic carbocycles. The standard InChI is InChI=1S/C22H19NO4/c1-3-8-23-11-17-14(6-7-18(25-2)22(17)24)15-5-4-13-9-19-20(27-12-26-19)10-16(13)21(15)23/h4-7,9-11H,3,8,12H2,1-2H3/p+1. The number of fused-ring (bicyclic) bond motifs is 6. The van der Waals surface area contributed by atoms with Crippen LogP contribution in [0.5, 0.6) is 23.0 Å². The summed E-state index contributed by atoms with van der Waals surface area (Å²) in [5, 5.41) is 15.8. The molecule has 1 aliphatic rings. The normalized spacial score (nSPS) is 13.0. The fraction of sp³-hybridized carbons (Fsp3) is 0.227. The molecule has 0 saturated carbocycles. The Bertz CT molecular complexity index is 1220. The lowest BCUT2D eigenvalue weighted by atomic mass is 10.00. The molecule has 0 atom stereocenters. The van der Waals surface area contributed by atoms with Crippen molar-refractivity contribution in [3.8, 4) is 23.0 Å². The van der Waals surface area contributed by atoms with Crippen LogP contribution < -0.4 is 18.8 Å². The van der Waals surface area contributed by atoms with Gasteiger partial charge in [-0.15, -0.1) is 0 Å². The Morgan fingerprint density at radius 1 is 1.00 bits per heavy atom. The van der Waals surface area contributed by atoms with Gasteiger partial charge in [0, 0.05) is 11.8 Å². The number of ether oxygens (including phenoxy) is 3. The predicted octanol–water partition coefficient (Wildman–Crippen LogP) is 4.29. The van der Waals surface area contributed by atoms with Crippen LogP contribution in [0.15, 0.2) is 42.6 Å². The number of benzene rings is 3. The van der Waals surface area contributed by atoms with Crippen molar-refractivity contribution < 1.29 is 23.9 Å². The van der Waals surface area contributed by atoms with Crippen LogP contribution in [0.4, 0.5) is 0 Å². The molecule has 5 nitrogen and oxygen atoms in total. The van der Waals surface area contributed by atoms with Gasteiger partial charge in [-0.25, -0.2) is 0 Å². The van der Waals surface area contributed by atoms with Crippen molar-refractivity contribution >= 4 is 32.4 Å². The fourth-order valence-electron chi connectivity index (χ4n) is 3.98. The van der Waals surface area contributed by atoms with Crippen LogP contribution in [0.2, 0.25) is 0 Å². The van der Waals surface area contributed by atoms with E-state index in [1.165, 1.54) is 0 Å². The molecule has 0 aliphatic carbocycles. The van der Waals surface area contributed by atoms with Crippen molar-refractivity contribution in [1.82, 2.24) is 0 Å². The van der Waals surface area contributed by atoms with E-state index in [4.69, 9.17) is 14.2 Å². The molecule has 0 amide bonds. The van der Waals surface area contributed by atoms with Crippen molar-refractivity contribution in [3.63, 3.8) is 0 Å². The molecule has 1 aliphatic heterocycles. The van der Waals surface area contributed by atoms with Gasteiger partial charge >= 0.3 is 0 Å². The molecule has 0 saturated heterocycles. The van der Waals surface area contributed by atoms with Crippen molar-refractivity contribution in [2.45, 2.75) is 19.9 Å². The molecule has 1 N–H and O–H groups in total. The second-order valence-corrected chi connectivity index (χ2v) is 6.79. The van der Waals surface area contributed by atoms with E-state index in [0.717, 1.165) is 56.9 Å². The number of aryl methyl sites for hydroxylation is 1. The number of phenols is 1. The summed E-state index contributed by atoms with van der Waals surface area (Å²) in [5.74, 6) is 2.21. The number of aromatic hydroxyl groups is 1. The first-order valence-corrected chi connectivity index (χ1v) is 9.09. The van der Waals surface area contributed by atoms with Gasteiger partial charge in [-0.1, -0.05) is 13.0 Å². The molecule has 0 fully saturated rings. The molecule has 0 unspecified atom stereocenters. The number of hydrogen-bond acceptors (Lipinski definition) is 4. The topological polar surface area (TPSA) is 51.8 Å². The Hall–Kier alpha value is -3.21. The lowest BCUT2D eigenvalue weighted by Crippen LogP contribution is -2.34. The maximum Gasteiger partial charge on any atom is 0.231 e. The predicted molar refractivity (Wildman–Crippen MR) is 104 cm³/mol. The molecule has 136 valence electrons. The monoisotopic (exact) mass is 362 g/mol. The van der Waals surface area contributed by atoms with E-state index in [-0.39, 0.29) is 12.5 Å². The zero-order valence-electron chi connectivity index (χ0n) is 15.3.